The number of ketones is 1. The Hall–Kier alpha value is -1.66. The number of H-pyrrole nitrogens is 1. The van der Waals surface area contributed by atoms with E-state index in [9.17, 15) is 14.7 Å². The molecule has 0 spiro atoms. The maximum absolute atomic E-state index is 12.0. The fraction of sp³-hybridized carbons (Fsp3) is 0.250. The average molecular weight is 382 g/mol. The molecule has 1 aromatic carbocycles. The minimum absolute atomic E-state index is 0.0380. The second-order valence-corrected chi connectivity index (χ2v) is 7.84. The zero-order valence-electron chi connectivity index (χ0n) is 12.4. The van der Waals surface area contributed by atoms with E-state index in [2.05, 4.69) is 20.9 Å². The number of phenolic OH excluding ortho intramolecular Hbond substituents is 1. The van der Waals surface area contributed by atoms with Crippen molar-refractivity contribution in [2.24, 2.45) is 5.41 Å². The molecule has 1 heterocycles. The number of thiazole rings is 1. The van der Waals surface area contributed by atoms with Crippen LogP contribution in [0.3, 0.4) is 0 Å². The molecule has 4 nitrogen and oxygen atoms in total. The molecule has 0 atom stereocenters. The van der Waals surface area contributed by atoms with Crippen LogP contribution in [0.4, 0.5) is 0 Å². The van der Waals surface area contributed by atoms with Crippen LogP contribution in [0.2, 0.25) is 0 Å². The Morgan fingerprint density at radius 3 is 2.64 bits per heavy atom. The van der Waals surface area contributed by atoms with Crippen molar-refractivity contribution >= 4 is 45.2 Å². The third kappa shape index (κ3) is 3.96. The van der Waals surface area contributed by atoms with E-state index in [-0.39, 0.29) is 17.1 Å². The monoisotopic (exact) mass is 381 g/mol. The number of aromatic amines is 1. The molecule has 0 bridgehead atoms. The first kappa shape index (κ1) is 16.7. The summed E-state index contributed by atoms with van der Waals surface area (Å²) in [6.45, 7) is 5.50. The average Bonchev–Trinajstić information content (AvgIpc) is 2.73. The molecule has 6 heteroatoms. The summed E-state index contributed by atoms with van der Waals surface area (Å²) >= 11 is 4.47. The van der Waals surface area contributed by atoms with Gasteiger partial charge in [-0.1, -0.05) is 26.8 Å². The lowest BCUT2D eigenvalue weighted by Crippen LogP contribution is -2.22. The van der Waals surface area contributed by atoms with Gasteiger partial charge in [0.15, 0.2) is 5.78 Å². The van der Waals surface area contributed by atoms with Crippen molar-refractivity contribution in [1.82, 2.24) is 4.98 Å². The third-order valence-corrected chi connectivity index (χ3v) is 4.55. The lowest BCUT2D eigenvalue weighted by molar-refractivity contribution is -0.119. The summed E-state index contributed by atoms with van der Waals surface area (Å²) in [7, 11) is 0. The number of aromatic nitrogens is 1. The van der Waals surface area contributed by atoms with Crippen molar-refractivity contribution in [3.8, 4) is 5.75 Å². The number of rotatable bonds is 2. The SMILES string of the molecule is CC(C)(C)C(=O)C=c1[nH]c(=O)c(=Cc2ccc(O)c(Br)c2)s1. The molecule has 116 valence electrons. The maximum atomic E-state index is 12.0. The molecule has 0 aliphatic heterocycles. The molecule has 0 saturated carbocycles. The van der Waals surface area contributed by atoms with Gasteiger partial charge in [-0.2, -0.15) is 0 Å². The van der Waals surface area contributed by atoms with Crippen LogP contribution < -0.4 is 14.8 Å². The predicted octanol–water partition coefficient (Wildman–Crippen LogP) is 2.13. The summed E-state index contributed by atoms with van der Waals surface area (Å²) in [5.74, 6) is 0.103. The molecular formula is C16H16BrNO3S. The van der Waals surface area contributed by atoms with E-state index >= 15 is 0 Å². The predicted molar refractivity (Wildman–Crippen MR) is 92.5 cm³/mol. The van der Waals surface area contributed by atoms with Crippen LogP contribution >= 0.6 is 27.3 Å². The normalized spacial score (nSPS) is 13.6. The minimum atomic E-state index is -0.480. The number of hydrogen-bond donors (Lipinski definition) is 2. The van der Waals surface area contributed by atoms with Crippen LogP contribution in [0.25, 0.3) is 12.2 Å². The molecule has 0 aliphatic carbocycles. The zero-order valence-corrected chi connectivity index (χ0v) is 14.8. The van der Waals surface area contributed by atoms with E-state index in [1.54, 1.807) is 24.3 Å². The first-order chi connectivity index (χ1) is 10.2. The maximum Gasteiger partial charge on any atom is 0.266 e. The van der Waals surface area contributed by atoms with E-state index in [1.165, 1.54) is 17.4 Å². The van der Waals surface area contributed by atoms with Crippen molar-refractivity contribution in [2.75, 3.05) is 0 Å². The number of hydrogen-bond acceptors (Lipinski definition) is 4. The molecule has 22 heavy (non-hydrogen) atoms. The van der Waals surface area contributed by atoms with Gasteiger partial charge in [-0.15, -0.1) is 11.3 Å². The molecule has 0 fully saturated rings. The quantitative estimate of drug-likeness (QED) is 0.836. The van der Waals surface area contributed by atoms with Gasteiger partial charge in [0, 0.05) is 11.5 Å². The van der Waals surface area contributed by atoms with Crippen LogP contribution in [-0.2, 0) is 4.79 Å². The Balaban J connectivity index is 2.48. The van der Waals surface area contributed by atoms with Crippen molar-refractivity contribution in [3.63, 3.8) is 0 Å². The summed E-state index contributed by atoms with van der Waals surface area (Å²) in [5, 5.41) is 9.48. The first-order valence-electron chi connectivity index (χ1n) is 6.62. The van der Waals surface area contributed by atoms with Gasteiger partial charge >= 0.3 is 0 Å². The van der Waals surface area contributed by atoms with Gasteiger partial charge in [-0.3, -0.25) is 9.59 Å². The summed E-state index contributed by atoms with van der Waals surface area (Å²) < 4.78 is 1.60. The van der Waals surface area contributed by atoms with E-state index in [1.807, 2.05) is 20.8 Å². The summed E-state index contributed by atoms with van der Waals surface area (Å²) in [6.07, 6.45) is 3.18. The molecule has 0 saturated heterocycles. The number of carbonyl (C=O) groups excluding carboxylic acids is 1. The molecule has 0 unspecified atom stereocenters. The van der Waals surface area contributed by atoms with Crippen LogP contribution in [0.5, 0.6) is 5.75 Å². The number of Topliss-reactive ketones (excluding diaryl/α,β-unsaturated/α-hetero) is 1. The summed E-state index contributed by atoms with van der Waals surface area (Å²) in [6, 6.07) is 4.98. The van der Waals surface area contributed by atoms with Crippen LogP contribution in [-0.4, -0.2) is 15.9 Å². The number of benzene rings is 1. The molecule has 0 aliphatic rings. The highest BCUT2D eigenvalue weighted by molar-refractivity contribution is 9.10. The highest BCUT2D eigenvalue weighted by atomic mass is 79.9. The second kappa shape index (κ2) is 6.22. The number of phenols is 1. The molecule has 2 aromatic rings. The number of halogens is 1. The molecule has 2 rings (SSSR count). The van der Waals surface area contributed by atoms with Gasteiger partial charge in [0.05, 0.1) is 13.7 Å². The Morgan fingerprint density at radius 1 is 1.36 bits per heavy atom. The fourth-order valence-corrected chi connectivity index (χ4v) is 2.91. The minimum Gasteiger partial charge on any atom is -0.507 e. The molecule has 2 N–H and O–H groups in total. The topological polar surface area (TPSA) is 70.2 Å². The number of aromatic hydroxyl groups is 1. The van der Waals surface area contributed by atoms with E-state index in [4.69, 9.17) is 0 Å². The van der Waals surface area contributed by atoms with Gasteiger partial charge in [0.25, 0.3) is 5.56 Å². The molecule has 1 aromatic heterocycles. The molecule has 0 radical (unpaired) electrons. The van der Waals surface area contributed by atoms with Gasteiger partial charge in [0.1, 0.15) is 5.75 Å². The Kier molecular flexibility index (Phi) is 4.72. The van der Waals surface area contributed by atoms with Gasteiger partial charge in [-0.05, 0) is 39.7 Å². The van der Waals surface area contributed by atoms with Gasteiger partial charge in [-0.25, -0.2) is 0 Å². The Labute approximate surface area is 140 Å². The fourth-order valence-electron chi connectivity index (χ4n) is 1.62. The first-order valence-corrected chi connectivity index (χ1v) is 8.23. The third-order valence-electron chi connectivity index (χ3n) is 2.95. The molecule has 0 amide bonds. The zero-order chi connectivity index (χ0) is 16.5. The largest absolute Gasteiger partial charge is 0.507 e. The lowest BCUT2D eigenvalue weighted by atomic mass is 9.91. The van der Waals surface area contributed by atoms with Crippen molar-refractivity contribution in [2.45, 2.75) is 20.8 Å². The molecular weight excluding hydrogens is 366 g/mol. The van der Waals surface area contributed by atoms with E-state index in [0.717, 1.165) is 5.56 Å². The van der Waals surface area contributed by atoms with Crippen molar-refractivity contribution in [1.29, 1.82) is 0 Å². The second-order valence-electron chi connectivity index (χ2n) is 5.90. The van der Waals surface area contributed by atoms with Crippen molar-refractivity contribution < 1.29 is 9.90 Å². The van der Waals surface area contributed by atoms with Crippen molar-refractivity contribution in [3.05, 3.63) is 47.8 Å². The standard InChI is InChI=1S/C16H16BrNO3S/c1-16(2,3)13(20)8-14-18-15(21)12(22-14)7-9-4-5-11(19)10(17)6-9/h4-8,19H,1-3H3,(H,18,21). The smallest absolute Gasteiger partial charge is 0.266 e. The number of carbonyl (C=O) groups is 1. The Bertz CT molecular complexity index is 887. The van der Waals surface area contributed by atoms with Crippen LogP contribution in [0.15, 0.2) is 27.5 Å². The lowest BCUT2D eigenvalue weighted by Gasteiger charge is -2.12. The Morgan fingerprint density at radius 2 is 2.05 bits per heavy atom. The van der Waals surface area contributed by atoms with Crippen LogP contribution in [0, 0.1) is 5.41 Å². The van der Waals surface area contributed by atoms with Gasteiger partial charge in [0.2, 0.25) is 0 Å². The van der Waals surface area contributed by atoms with Gasteiger partial charge < -0.3 is 10.1 Å². The highest BCUT2D eigenvalue weighted by Gasteiger charge is 2.18. The summed E-state index contributed by atoms with van der Waals surface area (Å²) in [4.78, 5) is 26.6. The summed E-state index contributed by atoms with van der Waals surface area (Å²) in [5.41, 5.74) is 0.0694. The highest BCUT2D eigenvalue weighted by Crippen LogP contribution is 2.24. The van der Waals surface area contributed by atoms with E-state index in [0.29, 0.717) is 13.7 Å². The van der Waals surface area contributed by atoms with E-state index < -0.39 is 5.41 Å². The number of nitrogens with one attached hydrogen (secondary N) is 1. The van der Waals surface area contributed by atoms with Crippen LogP contribution in [0.1, 0.15) is 26.3 Å².